The summed E-state index contributed by atoms with van der Waals surface area (Å²) in [6.07, 6.45) is 0.314. The molecule has 1 amide bonds. The van der Waals surface area contributed by atoms with Gasteiger partial charge in [-0.1, -0.05) is 48.5 Å². The Hall–Kier alpha value is -2.33. The molecule has 108 valence electrons. The van der Waals surface area contributed by atoms with E-state index in [2.05, 4.69) is 5.32 Å². The van der Waals surface area contributed by atoms with Crippen LogP contribution in [-0.4, -0.2) is 16.7 Å². The molecule has 0 spiro atoms. The monoisotopic (exact) mass is 282 g/mol. The van der Waals surface area contributed by atoms with Crippen LogP contribution in [0.1, 0.15) is 18.9 Å². The van der Waals surface area contributed by atoms with Crippen molar-refractivity contribution < 1.29 is 9.63 Å². The molecule has 1 heterocycles. The molecule has 4 heteroatoms. The SMILES string of the molecule is CC1(Nc2ccccc2)CC(=O)N(Cc2ccccc2)O1. The first kappa shape index (κ1) is 13.6. The predicted octanol–water partition coefficient (Wildman–Crippen LogP) is 3.18. The summed E-state index contributed by atoms with van der Waals surface area (Å²) in [6, 6.07) is 19.6. The third kappa shape index (κ3) is 3.23. The Labute approximate surface area is 124 Å². The van der Waals surface area contributed by atoms with Crippen molar-refractivity contribution in [2.24, 2.45) is 0 Å². The van der Waals surface area contributed by atoms with Crippen molar-refractivity contribution in [1.82, 2.24) is 5.06 Å². The molecular weight excluding hydrogens is 264 g/mol. The highest BCUT2D eigenvalue weighted by molar-refractivity contribution is 5.78. The maximum Gasteiger partial charge on any atom is 0.251 e. The number of hydroxylamine groups is 2. The zero-order valence-electron chi connectivity index (χ0n) is 12.0. The van der Waals surface area contributed by atoms with Gasteiger partial charge in [0.25, 0.3) is 5.91 Å². The Morgan fingerprint density at radius 2 is 1.71 bits per heavy atom. The second-order valence-electron chi connectivity index (χ2n) is 5.41. The van der Waals surface area contributed by atoms with Crippen molar-refractivity contribution in [3.05, 3.63) is 66.2 Å². The topological polar surface area (TPSA) is 41.6 Å². The van der Waals surface area contributed by atoms with E-state index in [1.807, 2.05) is 67.6 Å². The lowest BCUT2D eigenvalue weighted by Gasteiger charge is -2.26. The molecule has 0 aromatic heterocycles. The number of nitrogens with one attached hydrogen (secondary N) is 1. The molecule has 1 atom stereocenters. The van der Waals surface area contributed by atoms with E-state index in [4.69, 9.17) is 4.84 Å². The van der Waals surface area contributed by atoms with Crippen LogP contribution >= 0.6 is 0 Å². The highest BCUT2D eigenvalue weighted by Gasteiger charge is 2.41. The fourth-order valence-electron chi connectivity index (χ4n) is 2.47. The summed E-state index contributed by atoms with van der Waals surface area (Å²) in [4.78, 5) is 18.0. The van der Waals surface area contributed by atoms with E-state index >= 15 is 0 Å². The lowest BCUT2D eigenvalue weighted by molar-refractivity contribution is -0.192. The fraction of sp³-hybridized carbons (Fsp3) is 0.235. The van der Waals surface area contributed by atoms with Crippen LogP contribution in [-0.2, 0) is 16.2 Å². The number of benzene rings is 2. The quantitative estimate of drug-likeness (QED) is 0.936. The molecular formula is C17H18N2O2. The first-order valence-electron chi connectivity index (χ1n) is 7.01. The molecule has 0 saturated carbocycles. The van der Waals surface area contributed by atoms with Gasteiger partial charge in [-0.15, -0.1) is 0 Å². The second kappa shape index (κ2) is 5.58. The average molecular weight is 282 g/mol. The Bertz CT molecular complexity index is 615. The largest absolute Gasteiger partial charge is 0.355 e. The van der Waals surface area contributed by atoms with Gasteiger partial charge in [0.2, 0.25) is 0 Å². The van der Waals surface area contributed by atoms with Gasteiger partial charge < -0.3 is 5.32 Å². The summed E-state index contributed by atoms with van der Waals surface area (Å²) >= 11 is 0. The van der Waals surface area contributed by atoms with Gasteiger partial charge >= 0.3 is 0 Å². The highest BCUT2D eigenvalue weighted by atomic mass is 16.7. The third-order valence-corrected chi connectivity index (χ3v) is 3.43. The highest BCUT2D eigenvalue weighted by Crippen LogP contribution is 2.29. The normalized spacial score (nSPS) is 21.6. The minimum absolute atomic E-state index is 0.00946. The van der Waals surface area contributed by atoms with Crippen LogP contribution in [0.15, 0.2) is 60.7 Å². The van der Waals surface area contributed by atoms with Crippen LogP contribution in [0.3, 0.4) is 0 Å². The standard InChI is InChI=1S/C17H18N2O2/c1-17(18-15-10-6-3-7-11-15)12-16(20)19(21-17)13-14-8-4-2-5-9-14/h2-11,18H,12-13H2,1H3. The molecule has 1 fully saturated rings. The van der Waals surface area contributed by atoms with Crippen molar-refractivity contribution in [3.8, 4) is 0 Å². The van der Waals surface area contributed by atoms with Gasteiger partial charge in [0.1, 0.15) is 0 Å². The Morgan fingerprint density at radius 3 is 2.38 bits per heavy atom. The van der Waals surface area contributed by atoms with E-state index in [9.17, 15) is 4.79 Å². The zero-order chi connectivity index (χ0) is 14.7. The summed E-state index contributed by atoms with van der Waals surface area (Å²) in [5.41, 5.74) is 1.29. The van der Waals surface area contributed by atoms with Crippen LogP contribution in [0.5, 0.6) is 0 Å². The van der Waals surface area contributed by atoms with Crippen LogP contribution < -0.4 is 5.32 Å². The molecule has 4 nitrogen and oxygen atoms in total. The maximum absolute atomic E-state index is 12.1. The molecule has 0 aliphatic carbocycles. The number of para-hydroxylation sites is 1. The molecule has 21 heavy (non-hydrogen) atoms. The fourth-order valence-corrected chi connectivity index (χ4v) is 2.47. The molecule has 1 N–H and O–H groups in total. The number of carbonyl (C=O) groups is 1. The number of amides is 1. The minimum atomic E-state index is -0.701. The maximum atomic E-state index is 12.1. The molecule has 2 aromatic carbocycles. The van der Waals surface area contributed by atoms with Gasteiger partial charge in [-0.3, -0.25) is 4.79 Å². The summed E-state index contributed by atoms with van der Waals surface area (Å²) in [7, 11) is 0. The third-order valence-electron chi connectivity index (χ3n) is 3.43. The molecule has 1 unspecified atom stereocenters. The molecule has 1 aliphatic rings. The number of hydrogen-bond donors (Lipinski definition) is 1. The van der Waals surface area contributed by atoms with Crippen LogP contribution in [0.25, 0.3) is 0 Å². The zero-order valence-corrected chi connectivity index (χ0v) is 12.0. The number of carbonyl (C=O) groups excluding carboxylic acids is 1. The van der Waals surface area contributed by atoms with Gasteiger partial charge in [0.05, 0.1) is 13.0 Å². The Kier molecular flexibility index (Phi) is 3.62. The summed E-state index contributed by atoms with van der Waals surface area (Å²) in [5.74, 6) is -0.00946. The number of anilines is 1. The van der Waals surface area contributed by atoms with Gasteiger partial charge in [-0.2, -0.15) is 0 Å². The van der Waals surface area contributed by atoms with Crippen LogP contribution in [0.4, 0.5) is 5.69 Å². The lowest BCUT2D eigenvalue weighted by atomic mass is 10.1. The molecule has 3 rings (SSSR count). The average Bonchev–Trinajstić information content (AvgIpc) is 2.75. The van der Waals surface area contributed by atoms with E-state index in [0.717, 1.165) is 11.3 Å². The van der Waals surface area contributed by atoms with E-state index in [1.165, 1.54) is 5.06 Å². The van der Waals surface area contributed by atoms with E-state index < -0.39 is 5.72 Å². The molecule has 0 bridgehead atoms. The van der Waals surface area contributed by atoms with Crippen molar-refractivity contribution in [3.63, 3.8) is 0 Å². The van der Waals surface area contributed by atoms with Gasteiger partial charge in [-0.25, -0.2) is 9.90 Å². The van der Waals surface area contributed by atoms with E-state index in [-0.39, 0.29) is 5.91 Å². The van der Waals surface area contributed by atoms with Crippen LogP contribution in [0.2, 0.25) is 0 Å². The summed E-state index contributed by atoms with van der Waals surface area (Å²) in [6.45, 7) is 2.36. The van der Waals surface area contributed by atoms with E-state index in [0.29, 0.717) is 13.0 Å². The smallest absolute Gasteiger partial charge is 0.251 e. The Morgan fingerprint density at radius 1 is 1.10 bits per heavy atom. The predicted molar refractivity (Wildman–Crippen MR) is 81.2 cm³/mol. The van der Waals surface area contributed by atoms with Crippen molar-refractivity contribution in [2.75, 3.05) is 5.32 Å². The number of nitrogens with zero attached hydrogens (tertiary/aromatic N) is 1. The summed E-state index contributed by atoms with van der Waals surface area (Å²) < 4.78 is 0. The first-order valence-corrected chi connectivity index (χ1v) is 7.01. The first-order chi connectivity index (χ1) is 10.1. The molecule has 1 aliphatic heterocycles. The molecule has 1 saturated heterocycles. The summed E-state index contributed by atoms with van der Waals surface area (Å²) in [5, 5.41) is 4.71. The number of rotatable bonds is 4. The van der Waals surface area contributed by atoms with Crippen molar-refractivity contribution >= 4 is 11.6 Å². The minimum Gasteiger partial charge on any atom is -0.355 e. The van der Waals surface area contributed by atoms with Crippen molar-refractivity contribution in [1.29, 1.82) is 0 Å². The van der Waals surface area contributed by atoms with Gasteiger partial charge in [0, 0.05) is 5.69 Å². The number of hydrogen-bond acceptors (Lipinski definition) is 3. The van der Waals surface area contributed by atoms with Gasteiger partial charge in [0.15, 0.2) is 5.72 Å². The van der Waals surface area contributed by atoms with Gasteiger partial charge in [-0.05, 0) is 24.6 Å². The molecule has 0 radical (unpaired) electrons. The van der Waals surface area contributed by atoms with Crippen molar-refractivity contribution in [2.45, 2.75) is 25.6 Å². The Balaban J connectivity index is 1.69. The molecule has 2 aromatic rings. The lowest BCUT2D eigenvalue weighted by Crippen LogP contribution is -2.35. The van der Waals surface area contributed by atoms with E-state index in [1.54, 1.807) is 0 Å². The van der Waals surface area contributed by atoms with Crippen LogP contribution in [0, 0.1) is 0 Å². The second-order valence-corrected chi connectivity index (χ2v) is 5.41.